The number of carbonyl (C=O) groups excluding carboxylic acids is 1. The fourth-order valence-electron chi connectivity index (χ4n) is 3.32. The molecule has 0 aromatic heterocycles. The van der Waals surface area contributed by atoms with E-state index in [1.54, 1.807) is 0 Å². The second-order valence-corrected chi connectivity index (χ2v) is 8.73. The lowest BCUT2D eigenvalue weighted by Crippen LogP contribution is -2.40. The summed E-state index contributed by atoms with van der Waals surface area (Å²) in [6.07, 6.45) is -5.19. The summed E-state index contributed by atoms with van der Waals surface area (Å²) in [5, 5.41) is 11.7. The molecule has 0 spiro atoms. The number of nitro benzene ring substituents is 1. The Labute approximate surface area is 165 Å². The van der Waals surface area contributed by atoms with Gasteiger partial charge in [0.1, 0.15) is 0 Å². The number of benzene rings is 2. The number of fused-ring (bicyclic) bond motifs is 3. The number of alkyl halides is 4. The topological polar surface area (TPSA) is 97.6 Å². The molecular formula is C15H9Cl2F3N2O5S. The van der Waals surface area contributed by atoms with E-state index in [0.29, 0.717) is 4.90 Å². The molecule has 2 aromatic carbocycles. The van der Waals surface area contributed by atoms with E-state index in [-0.39, 0.29) is 40.6 Å². The van der Waals surface area contributed by atoms with Crippen LogP contribution in [0.3, 0.4) is 0 Å². The average Bonchev–Trinajstić information content (AvgIpc) is 3.02. The van der Waals surface area contributed by atoms with Crippen LogP contribution in [-0.2, 0) is 26.1 Å². The third kappa shape index (κ3) is 3.27. The molecule has 13 heteroatoms. The number of anilines is 1. The summed E-state index contributed by atoms with van der Waals surface area (Å²) < 4.78 is 62.0. The van der Waals surface area contributed by atoms with Gasteiger partial charge in [-0.15, -0.1) is 11.6 Å². The molecule has 2 aromatic rings. The average molecular weight is 457 g/mol. The highest BCUT2D eigenvalue weighted by molar-refractivity contribution is 8.13. The minimum Gasteiger partial charge on any atom is -0.303 e. The Balaban J connectivity index is 2.43. The van der Waals surface area contributed by atoms with Crippen LogP contribution < -0.4 is 4.90 Å². The van der Waals surface area contributed by atoms with E-state index in [1.165, 1.54) is 6.07 Å². The third-order valence-corrected chi connectivity index (χ3v) is 5.99. The van der Waals surface area contributed by atoms with Crippen molar-refractivity contribution in [2.45, 2.75) is 23.4 Å². The summed E-state index contributed by atoms with van der Waals surface area (Å²) in [6.45, 7) is -0.344. The Morgan fingerprint density at radius 3 is 2.43 bits per heavy atom. The molecule has 1 aliphatic rings. The zero-order chi connectivity index (χ0) is 21.0. The van der Waals surface area contributed by atoms with E-state index in [0.717, 1.165) is 12.1 Å². The van der Waals surface area contributed by atoms with Crippen LogP contribution in [0.25, 0.3) is 10.8 Å². The van der Waals surface area contributed by atoms with Gasteiger partial charge >= 0.3 is 12.1 Å². The molecule has 28 heavy (non-hydrogen) atoms. The number of amides is 1. The third-order valence-electron chi connectivity index (χ3n) is 4.37. The molecule has 0 bridgehead atoms. The van der Waals surface area contributed by atoms with Crippen LogP contribution in [0, 0.1) is 10.1 Å². The lowest BCUT2D eigenvalue weighted by Gasteiger charge is -2.21. The highest BCUT2D eigenvalue weighted by Crippen LogP contribution is 2.46. The van der Waals surface area contributed by atoms with Crippen molar-refractivity contribution < 1.29 is 31.3 Å². The molecule has 0 unspecified atom stereocenters. The van der Waals surface area contributed by atoms with Crippen molar-refractivity contribution in [2.75, 3.05) is 11.4 Å². The van der Waals surface area contributed by atoms with Crippen molar-refractivity contribution in [1.82, 2.24) is 0 Å². The molecule has 0 saturated heterocycles. The number of rotatable bonds is 3. The summed E-state index contributed by atoms with van der Waals surface area (Å²) in [7, 11) is 1.08. The number of hydrogen-bond donors (Lipinski definition) is 0. The van der Waals surface area contributed by atoms with Gasteiger partial charge in [-0.05, 0) is 29.5 Å². The molecule has 1 aliphatic heterocycles. The summed E-state index contributed by atoms with van der Waals surface area (Å²) >= 11 is 5.81. The van der Waals surface area contributed by atoms with Gasteiger partial charge in [-0.1, -0.05) is 6.07 Å². The van der Waals surface area contributed by atoms with E-state index in [2.05, 4.69) is 0 Å². The highest BCUT2D eigenvalue weighted by Gasteiger charge is 2.46. The van der Waals surface area contributed by atoms with Gasteiger partial charge in [-0.25, -0.2) is 8.42 Å². The van der Waals surface area contributed by atoms with Crippen molar-refractivity contribution >= 4 is 59.4 Å². The minimum absolute atomic E-state index is 0.0114. The predicted octanol–water partition coefficient (Wildman–Crippen LogP) is 3.87. The van der Waals surface area contributed by atoms with E-state index >= 15 is 0 Å². The van der Waals surface area contributed by atoms with E-state index < -0.39 is 42.5 Å². The molecular weight excluding hydrogens is 448 g/mol. The van der Waals surface area contributed by atoms with Gasteiger partial charge < -0.3 is 4.90 Å². The van der Waals surface area contributed by atoms with Crippen molar-refractivity contribution in [3.63, 3.8) is 0 Å². The second kappa shape index (κ2) is 6.75. The van der Waals surface area contributed by atoms with Crippen LogP contribution in [0.5, 0.6) is 0 Å². The van der Waals surface area contributed by atoms with Gasteiger partial charge in [0.15, 0.2) is 0 Å². The molecule has 1 amide bonds. The lowest BCUT2D eigenvalue weighted by atomic mass is 9.96. The summed E-state index contributed by atoms with van der Waals surface area (Å²) in [5.41, 5.74) is -0.994. The van der Waals surface area contributed by atoms with Crippen LogP contribution in [0.15, 0.2) is 23.1 Å². The zero-order valence-electron chi connectivity index (χ0n) is 13.6. The molecule has 0 radical (unpaired) electrons. The van der Waals surface area contributed by atoms with Crippen molar-refractivity contribution in [2.24, 2.45) is 0 Å². The zero-order valence-corrected chi connectivity index (χ0v) is 15.9. The molecule has 3 rings (SSSR count). The number of nitro groups is 1. The smallest absolute Gasteiger partial charge is 0.303 e. The van der Waals surface area contributed by atoms with Gasteiger partial charge in [0.2, 0.25) is 0 Å². The number of carbonyl (C=O) groups is 1. The molecule has 7 nitrogen and oxygen atoms in total. The first-order valence-corrected chi connectivity index (χ1v) is 10.4. The number of nitrogens with zero attached hydrogens (tertiary/aromatic N) is 2. The Morgan fingerprint density at radius 2 is 1.93 bits per heavy atom. The molecule has 150 valence electrons. The Bertz CT molecular complexity index is 1130. The molecule has 0 aliphatic carbocycles. The van der Waals surface area contributed by atoms with Crippen LogP contribution >= 0.6 is 22.3 Å². The van der Waals surface area contributed by atoms with E-state index in [4.69, 9.17) is 22.3 Å². The van der Waals surface area contributed by atoms with Gasteiger partial charge in [0.05, 0.1) is 32.3 Å². The highest BCUT2D eigenvalue weighted by atomic mass is 35.7. The van der Waals surface area contributed by atoms with Crippen molar-refractivity contribution in [3.05, 3.63) is 39.4 Å². The van der Waals surface area contributed by atoms with Crippen LogP contribution in [0.2, 0.25) is 0 Å². The second-order valence-electron chi connectivity index (χ2n) is 5.89. The predicted molar refractivity (Wildman–Crippen MR) is 95.3 cm³/mol. The maximum Gasteiger partial charge on any atom is 0.471 e. The van der Waals surface area contributed by atoms with Gasteiger partial charge in [-0.2, -0.15) is 13.2 Å². The molecule has 0 saturated carbocycles. The first-order chi connectivity index (χ1) is 12.9. The number of hydrogen-bond acceptors (Lipinski definition) is 5. The Hall–Kier alpha value is -2.11. The Kier molecular flexibility index (Phi) is 4.97. The quantitative estimate of drug-likeness (QED) is 0.302. The largest absolute Gasteiger partial charge is 0.471 e. The fourth-order valence-corrected chi connectivity index (χ4v) is 4.35. The number of halogens is 5. The van der Waals surface area contributed by atoms with E-state index in [1.807, 2.05) is 0 Å². The van der Waals surface area contributed by atoms with Gasteiger partial charge in [0.25, 0.3) is 14.7 Å². The molecule has 0 N–H and O–H groups in total. The first kappa shape index (κ1) is 20.6. The van der Waals surface area contributed by atoms with Gasteiger partial charge in [0, 0.05) is 17.2 Å². The first-order valence-electron chi connectivity index (χ1n) is 7.53. The summed E-state index contributed by atoms with van der Waals surface area (Å²) in [5.74, 6) is -2.72. The van der Waals surface area contributed by atoms with Crippen molar-refractivity contribution in [1.29, 1.82) is 0 Å². The van der Waals surface area contributed by atoms with Crippen LogP contribution in [0.1, 0.15) is 11.1 Å². The minimum atomic E-state index is -5.18. The summed E-state index contributed by atoms with van der Waals surface area (Å²) in [4.78, 5) is 22.6. The molecule has 1 heterocycles. The Morgan fingerprint density at radius 1 is 1.29 bits per heavy atom. The maximum absolute atomic E-state index is 12.9. The molecule has 0 atom stereocenters. The standard InChI is InChI=1S/C15H9Cl2F3N2O5S/c16-6-11-12-9(3-4-21(12)14(23)15(18,19)20)8-2-1-7(28(17,26)27)5-10(8)13(11)22(24)25/h1-2,5H,3-4,6H2. The van der Waals surface area contributed by atoms with Crippen molar-refractivity contribution in [3.8, 4) is 0 Å². The monoisotopic (exact) mass is 456 g/mol. The lowest BCUT2D eigenvalue weighted by molar-refractivity contribution is -0.383. The summed E-state index contributed by atoms with van der Waals surface area (Å²) in [6, 6.07) is 3.28. The van der Waals surface area contributed by atoms with Crippen LogP contribution in [0.4, 0.5) is 24.5 Å². The normalized spacial score (nSPS) is 14.4. The van der Waals surface area contributed by atoms with E-state index in [9.17, 15) is 36.5 Å². The maximum atomic E-state index is 12.9. The van der Waals surface area contributed by atoms with Gasteiger partial charge in [-0.3, -0.25) is 14.9 Å². The SMILES string of the molecule is O=C(N1CCc2c1c(CCl)c([N+](=O)[O-])c1cc(S(=O)(=O)Cl)ccc21)C(F)(F)F. The van der Waals surface area contributed by atoms with Crippen LogP contribution in [-0.4, -0.2) is 32.0 Å². The molecule has 0 fully saturated rings. The fraction of sp³-hybridized carbons (Fsp3) is 0.267.